The fraction of sp³-hybridized carbons (Fsp3) is 0.500. The summed E-state index contributed by atoms with van der Waals surface area (Å²) in [6.07, 6.45) is 5.01. The molecule has 0 saturated heterocycles. The summed E-state index contributed by atoms with van der Waals surface area (Å²) in [5.74, 6) is 0.915. The van der Waals surface area contributed by atoms with E-state index in [0.29, 0.717) is 11.7 Å². The maximum Gasteiger partial charge on any atom is 0.133 e. The van der Waals surface area contributed by atoms with Gasteiger partial charge in [-0.2, -0.15) is 0 Å². The summed E-state index contributed by atoms with van der Waals surface area (Å²) < 4.78 is 0. The lowest BCUT2D eigenvalue weighted by molar-refractivity contribution is -0.119. The van der Waals surface area contributed by atoms with Crippen molar-refractivity contribution in [2.24, 2.45) is 0 Å². The Hall–Kier alpha value is -1.11. The first-order valence-electron chi connectivity index (χ1n) is 5.84. The highest BCUT2D eigenvalue weighted by Crippen LogP contribution is 2.29. The summed E-state index contributed by atoms with van der Waals surface area (Å²) in [7, 11) is 0. The van der Waals surface area contributed by atoms with Crippen molar-refractivity contribution in [1.29, 1.82) is 0 Å². The Labute approximate surface area is 91.5 Å². The Bertz CT molecular complexity index is 337. The van der Waals surface area contributed by atoms with Crippen LogP contribution in [0.15, 0.2) is 24.3 Å². The predicted octanol–water partition coefficient (Wildman–Crippen LogP) is 3.61. The second-order valence-electron chi connectivity index (χ2n) is 4.60. The zero-order chi connectivity index (χ0) is 10.7. The van der Waals surface area contributed by atoms with E-state index < -0.39 is 0 Å². The van der Waals surface area contributed by atoms with Gasteiger partial charge in [0.15, 0.2) is 0 Å². The fourth-order valence-corrected chi connectivity index (χ4v) is 2.31. The molecule has 1 aromatic carbocycles. The number of carbonyl (C=O) groups is 1. The van der Waals surface area contributed by atoms with E-state index in [9.17, 15) is 4.79 Å². The van der Waals surface area contributed by atoms with Crippen LogP contribution in [-0.4, -0.2) is 5.78 Å². The zero-order valence-corrected chi connectivity index (χ0v) is 9.33. The van der Waals surface area contributed by atoms with Gasteiger partial charge in [-0.1, -0.05) is 36.2 Å². The fourth-order valence-electron chi connectivity index (χ4n) is 2.31. The molecule has 80 valence electrons. The third-order valence-corrected chi connectivity index (χ3v) is 3.28. The van der Waals surface area contributed by atoms with Crippen LogP contribution in [0.4, 0.5) is 0 Å². The van der Waals surface area contributed by atoms with Gasteiger partial charge in [0.05, 0.1) is 0 Å². The predicted molar refractivity (Wildman–Crippen MR) is 62.0 cm³/mol. The van der Waals surface area contributed by atoms with Crippen molar-refractivity contribution in [3.63, 3.8) is 0 Å². The van der Waals surface area contributed by atoms with Gasteiger partial charge in [-0.25, -0.2) is 0 Å². The van der Waals surface area contributed by atoms with Gasteiger partial charge < -0.3 is 0 Å². The highest BCUT2D eigenvalue weighted by Gasteiger charge is 2.18. The van der Waals surface area contributed by atoms with Crippen molar-refractivity contribution in [2.45, 2.75) is 44.9 Å². The van der Waals surface area contributed by atoms with Crippen LogP contribution in [0, 0.1) is 6.92 Å². The first kappa shape index (κ1) is 10.4. The Balaban J connectivity index is 2.14. The Morgan fingerprint density at radius 1 is 1.13 bits per heavy atom. The number of hydrogen-bond donors (Lipinski definition) is 0. The quantitative estimate of drug-likeness (QED) is 0.636. The summed E-state index contributed by atoms with van der Waals surface area (Å²) in [4.78, 5) is 11.5. The lowest BCUT2D eigenvalue weighted by Gasteiger charge is -2.13. The molecule has 0 aliphatic heterocycles. The topological polar surface area (TPSA) is 17.1 Å². The van der Waals surface area contributed by atoms with E-state index in [1.165, 1.54) is 24.0 Å². The minimum absolute atomic E-state index is 0.443. The molecular weight excluding hydrogens is 184 g/mol. The molecule has 1 nitrogen and oxygen atoms in total. The molecular formula is C14H18O. The smallest absolute Gasteiger partial charge is 0.133 e. The van der Waals surface area contributed by atoms with E-state index in [0.717, 1.165) is 19.3 Å². The number of ketones is 1. The summed E-state index contributed by atoms with van der Waals surface area (Å²) in [5, 5.41) is 0. The SMILES string of the molecule is Cc1ccc([C@@H]2CCCCC(=O)C2)cc1. The molecule has 0 N–H and O–H groups in total. The summed E-state index contributed by atoms with van der Waals surface area (Å²) in [6.45, 7) is 2.10. The lowest BCUT2D eigenvalue weighted by atomic mass is 9.91. The average Bonchev–Trinajstić information content (AvgIpc) is 2.44. The monoisotopic (exact) mass is 202 g/mol. The molecule has 0 spiro atoms. The van der Waals surface area contributed by atoms with Gasteiger partial charge >= 0.3 is 0 Å². The maximum atomic E-state index is 11.5. The molecule has 0 amide bonds. The van der Waals surface area contributed by atoms with Crippen LogP contribution in [0.3, 0.4) is 0 Å². The Morgan fingerprint density at radius 2 is 1.87 bits per heavy atom. The number of Topliss-reactive ketones (excluding diaryl/α,β-unsaturated/α-hetero) is 1. The molecule has 0 heterocycles. The van der Waals surface area contributed by atoms with Gasteiger partial charge in [0.25, 0.3) is 0 Å². The number of carbonyl (C=O) groups excluding carboxylic acids is 1. The highest BCUT2D eigenvalue weighted by molar-refractivity contribution is 5.79. The summed E-state index contributed by atoms with van der Waals surface area (Å²) >= 11 is 0. The maximum absolute atomic E-state index is 11.5. The molecule has 1 aliphatic carbocycles. The second-order valence-corrected chi connectivity index (χ2v) is 4.60. The molecule has 1 fully saturated rings. The second kappa shape index (κ2) is 4.61. The van der Waals surface area contributed by atoms with Crippen molar-refractivity contribution >= 4 is 5.78 Å². The number of aryl methyl sites for hydroxylation is 1. The van der Waals surface area contributed by atoms with Crippen molar-refractivity contribution in [2.75, 3.05) is 0 Å². The number of benzene rings is 1. The molecule has 1 aromatic rings. The van der Waals surface area contributed by atoms with Gasteiger partial charge in [0, 0.05) is 12.8 Å². The Kier molecular flexibility index (Phi) is 3.20. The minimum atomic E-state index is 0.443. The average molecular weight is 202 g/mol. The molecule has 0 aromatic heterocycles. The summed E-state index contributed by atoms with van der Waals surface area (Å²) in [5.41, 5.74) is 2.63. The van der Waals surface area contributed by atoms with Crippen LogP contribution in [0.1, 0.15) is 49.1 Å². The molecule has 1 atom stereocenters. The zero-order valence-electron chi connectivity index (χ0n) is 9.33. The van der Waals surface area contributed by atoms with Crippen molar-refractivity contribution in [3.05, 3.63) is 35.4 Å². The van der Waals surface area contributed by atoms with Crippen molar-refractivity contribution < 1.29 is 4.79 Å². The van der Waals surface area contributed by atoms with E-state index >= 15 is 0 Å². The minimum Gasteiger partial charge on any atom is -0.300 e. The van der Waals surface area contributed by atoms with Gasteiger partial charge in [0.1, 0.15) is 5.78 Å². The first-order chi connectivity index (χ1) is 7.25. The van der Waals surface area contributed by atoms with Crippen LogP contribution in [0.2, 0.25) is 0 Å². The molecule has 1 aliphatic rings. The molecule has 15 heavy (non-hydrogen) atoms. The van der Waals surface area contributed by atoms with Gasteiger partial charge in [-0.05, 0) is 31.2 Å². The normalized spacial score (nSPS) is 22.5. The largest absolute Gasteiger partial charge is 0.300 e. The molecule has 1 heteroatoms. The molecule has 2 rings (SSSR count). The van der Waals surface area contributed by atoms with Gasteiger partial charge in [0.2, 0.25) is 0 Å². The van der Waals surface area contributed by atoms with Crippen molar-refractivity contribution in [1.82, 2.24) is 0 Å². The molecule has 0 bridgehead atoms. The third kappa shape index (κ3) is 2.68. The molecule has 0 unspecified atom stereocenters. The number of rotatable bonds is 1. The van der Waals surface area contributed by atoms with Crippen LogP contribution in [0.5, 0.6) is 0 Å². The van der Waals surface area contributed by atoms with E-state index in [1.807, 2.05) is 0 Å². The van der Waals surface area contributed by atoms with E-state index in [4.69, 9.17) is 0 Å². The first-order valence-corrected chi connectivity index (χ1v) is 5.84. The Morgan fingerprint density at radius 3 is 2.60 bits per heavy atom. The number of hydrogen-bond acceptors (Lipinski definition) is 1. The third-order valence-electron chi connectivity index (χ3n) is 3.28. The van der Waals surface area contributed by atoms with Crippen LogP contribution < -0.4 is 0 Å². The lowest BCUT2D eigenvalue weighted by Crippen LogP contribution is -2.03. The van der Waals surface area contributed by atoms with E-state index in [2.05, 4.69) is 31.2 Å². The highest BCUT2D eigenvalue weighted by atomic mass is 16.1. The van der Waals surface area contributed by atoms with Crippen LogP contribution >= 0.6 is 0 Å². The van der Waals surface area contributed by atoms with E-state index in [-0.39, 0.29) is 0 Å². The molecule has 1 saturated carbocycles. The van der Waals surface area contributed by atoms with Crippen LogP contribution in [-0.2, 0) is 4.79 Å². The molecule has 0 radical (unpaired) electrons. The van der Waals surface area contributed by atoms with Gasteiger partial charge in [-0.3, -0.25) is 4.79 Å². The standard InChI is InChI=1S/C14H18O/c1-11-6-8-12(9-7-11)13-4-2-3-5-14(15)10-13/h6-9,13H,2-5,10H2,1H3/t13-/m1/s1. The van der Waals surface area contributed by atoms with Crippen LogP contribution in [0.25, 0.3) is 0 Å². The van der Waals surface area contributed by atoms with E-state index in [1.54, 1.807) is 0 Å². The summed E-state index contributed by atoms with van der Waals surface area (Å²) in [6, 6.07) is 8.65. The van der Waals surface area contributed by atoms with Crippen molar-refractivity contribution in [3.8, 4) is 0 Å². The van der Waals surface area contributed by atoms with Gasteiger partial charge in [-0.15, -0.1) is 0 Å².